The maximum Gasteiger partial charge on any atom is 0.225 e. The lowest BCUT2D eigenvalue weighted by atomic mass is 10.2. The van der Waals surface area contributed by atoms with Gasteiger partial charge in [0.2, 0.25) is 5.91 Å². The van der Waals surface area contributed by atoms with Crippen molar-refractivity contribution in [3.63, 3.8) is 0 Å². The van der Waals surface area contributed by atoms with Crippen molar-refractivity contribution in [3.8, 4) is 18.1 Å². The summed E-state index contributed by atoms with van der Waals surface area (Å²) < 4.78 is 0. The number of benzene rings is 1. The number of hydrogen-bond acceptors (Lipinski definition) is 3. The Morgan fingerprint density at radius 2 is 2.21 bits per heavy atom. The molecule has 0 atom stereocenters. The summed E-state index contributed by atoms with van der Waals surface area (Å²) in [5, 5.41) is 12.9. The molecule has 19 heavy (non-hydrogen) atoms. The van der Waals surface area contributed by atoms with Gasteiger partial charge in [-0.15, -0.1) is 12.3 Å². The van der Waals surface area contributed by atoms with Crippen LogP contribution in [-0.2, 0) is 4.79 Å². The van der Waals surface area contributed by atoms with Crippen molar-refractivity contribution in [3.05, 3.63) is 30.3 Å². The maximum atomic E-state index is 11.6. The van der Waals surface area contributed by atoms with Gasteiger partial charge in [-0.25, -0.2) is 4.98 Å². The van der Waals surface area contributed by atoms with Gasteiger partial charge in [0, 0.05) is 18.2 Å². The Hall–Kier alpha value is -2.54. The largest absolute Gasteiger partial charge is 0.508 e. The molecule has 0 aliphatic carbocycles. The summed E-state index contributed by atoms with van der Waals surface area (Å²) in [6.45, 7) is 0. The van der Waals surface area contributed by atoms with Gasteiger partial charge in [0.1, 0.15) is 11.6 Å². The molecule has 2 aromatic rings. The van der Waals surface area contributed by atoms with E-state index >= 15 is 0 Å². The Morgan fingerprint density at radius 3 is 3.00 bits per heavy atom. The number of phenolic OH excluding ortho intramolecular Hbond substituents is 1. The van der Waals surface area contributed by atoms with Crippen LogP contribution in [0.3, 0.4) is 0 Å². The number of anilines is 1. The summed E-state index contributed by atoms with van der Waals surface area (Å²) in [6.07, 6.45) is 6.78. The molecule has 0 radical (unpaired) electrons. The van der Waals surface area contributed by atoms with Crippen LogP contribution in [0.1, 0.15) is 19.3 Å². The van der Waals surface area contributed by atoms with Crippen LogP contribution >= 0.6 is 0 Å². The third-order valence-corrected chi connectivity index (χ3v) is 2.67. The molecule has 1 aromatic carbocycles. The van der Waals surface area contributed by atoms with Crippen molar-refractivity contribution in [2.24, 2.45) is 0 Å². The number of rotatable bonds is 4. The predicted molar refractivity (Wildman–Crippen MR) is 74.7 cm³/mol. The number of aromatic nitrogens is 1. The highest BCUT2D eigenvalue weighted by atomic mass is 16.3. The highest BCUT2D eigenvalue weighted by molar-refractivity contribution is 5.91. The molecule has 0 aliphatic rings. The van der Waals surface area contributed by atoms with Crippen LogP contribution in [0.15, 0.2) is 30.3 Å². The van der Waals surface area contributed by atoms with E-state index in [4.69, 9.17) is 6.42 Å². The maximum absolute atomic E-state index is 11.6. The molecule has 0 unspecified atom stereocenters. The lowest BCUT2D eigenvalue weighted by molar-refractivity contribution is -0.116. The second-order valence-corrected chi connectivity index (χ2v) is 4.18. The number of terminal acetylenes is 1. The topological polar surface area (TPSA) is 62.2 Å². The molecule has 4 heteroatoms. The van der Waals surface area contributed by atoms with Crippen molar-refractivity contribution < 1.29 is 9.90 Å². The molecule has 1 heterocycles. The van der Waals surface area contributed by atoms with Crippen LogP contribution in [-0.4, -0.2) is 16.0 Å². The monoisotopic (exact) mass is 254 g/mol. The van der Waals surface area contributed by atoms with Gasteiger partial charge in [-0.05, 0) is 36.8 Å². The molecule has 0 fully saturated rings. The smallest absolute Gasteiger partial charge is 0.225 e. The van der Waals surface area contributed by atoms with Crippen LogP contribution in [0, 0.1) is 12.3 Å². The first-order valence-electron chi connectivity index (χ1n) is 6.02. The number of aromatic hydroxyl groups is 1. The molecule has 2 rings (SSSR count). The average Bonchev–Trinajstić information content (AvgIpc) is 2.39. The van der Waals surface area contributed by atoms with Crippen molar-refractivity contribution in [2.75, 3.05) is 5.32 Å². The first-order valence-corrected chi connectivity index (χ1v) is 6.02. The normalized spacial score (nSPS) is 10.1. The molecule has 0 bridgehead atoms. The quantitative estimate of drug-likeness (QED) is 0.651. The standard InChI is InChI=1S/C15H14N2O2/c1-2-3-4-5-15(19)17-14-9-6-11-10-12(18)7-8-13(11)16-14/h1,6-10,18H,3-5H2,(H,16,17,19). The van der Waals surface area contributed by atoms with Gasteiger partial charge in [-0.3, -0.25) is 4.79 Å². The summed E-state index contributed by atoms with van der Waals surface area (Å²) in [7, 11) is 0. The molecule has 0 saturated heterocycles. The zero-order valence-corrected chi connectivity index (χ0v) is 10.4. The number of amides is 1. The Balaban J connectivity index is 2.07. The van der Waals surface area contributed by atoms with Gasteiger partial charge in [0.05, 0.1) is 5.52 Å². The summed E-state index contributed by atoms with van der Waals surface area (Å²) in [6, 6.07) is 8.41. The number of pyridine rings is 1. The van der Waals surface area contributed by atoms with E-state index in [2.05, 4.69) is 16.2 Å². The lowest BCUT2D eigenvalue weighted by Gasteiger charge is -2.05. The van der Waals surface area contributed by atoms with Gasteiger partial charge < -0.3 is 10.4 Å². The fourth-order valence-electron chi connectivity index (χ4n) is 1.74. The second-order valence-electron chi connectivity index (χ2n) is 4.18. The van der Waals surface area contributed by atoms with E-state index < -0.39 is 0 Å². The highest BCUT2D eigenvalue weighted by Crippen LogP contribution is 2.20. The number of hydrogen-bond donors (Lipinski definition) is 2. The van der Waals surface area contributed by atoms with Crippen molar-refractivity contribution in [1.29, 1.82) is 0 Å². The number of phenols is 1. The minimum absolute atomic E-state index is 0.0964. The van der Waals surface area contributed by atoms with E-state index in [1.54, 1.807) is 30.3 Å². The van der Waals surface area contributed by atoms with E-state index in [1.807, 2.05) is 0 Å². The van der Waals surface area contributed by atoms with Crippen LogP contribution < -0.4 is 5.32 Å². The van der Waals surface area contributed by atoms with Crippen molar-refractivity contribution in [1.82, 2.24) is 4.98 Å². The van der Waals surface area contributed by atoms with Crippen LogP contribution in [0.25, 0.3) is 10.9 Å². The van der Waals surface area contributed by atoms with E-state index in [9.17, 15) is 9.90 Å². The lowest BCUT2D eigenvalue weighted by Crippen LogP contribution is -2.12. The zero-order chi connectivity index (χ0) is 13.7. The molecule has 4 nitrogen and oxygen atoms in total. The molecule has 0 spiro atoms. The molecule has 1 aromatic heterocycles. The minimum Gasteiger partial charge on any atom is -0.508 e. The Kier molecular flexibility index (Phi) is 3.99. The molecule has 0 saturated carbocycles. The number of carbonyl (C=O) groups is 1. The second kappa shape index (κ2) is 5.87. The molecular formula is C15H14N2O2. The third kappa shape index (κ3) is 3.46. The molecular weight excluding hydrogens is 240 g/mol. The zero-order valence-electron chi connectivity index (χ0n) is 10.4. The van der Waals surface area contributed by atoms with E-state index in [1.165, 1.54) is 0 Å². The van der Waals surface area contributed by atoms with Crippen molar-refractivity contribution in [2.45, 2.75) is 19.3 Å². The van der Waals surface area contributed by atoms with Crippen LogP contribution in [0.4, 0.5) is 5.82 Å². The third-order valence-electron chi connectivity index (χ3n) is 2.67. The van der Waals surface area contributed by atoms with Crippen LogP contribution in [0.2, 0.25) is 0 Å². The fraction of sp³-hybridized carbons (Fsp3) is 0.200. The van der Waals surface area contributed by atoms with E-state index in [0.717, 1.165) is 10.9 Å². The number of unbranched alkanes of at least 4 members (excludes halogenated alkanes) is 1. The Morgan fingerprint density at radius 1 is 1.37 bits per heavy atom. The van der Waals surface area contributed by atoms with Gasteiger partial charge >= 0.3 is 0 Å². The Bertz CT molecular complexity index is 644. The minimum atomic E-state index is -0.0964. The molecule has 0 aliphatic heterocycles. The first kappa shape index (κ1) is 12.9. The summed E-state index contributed by atoms with van der Waals surface area (Å²) in [5.41, 5.74) is 0.722. The molecule has 96 valence electrons. The SMILES string of the molecule is C#CCCCC(=O)Nc1ccc2cc(O)ccc2n1. The number of nitrogens with zero attached hydrogens (tertiary/aromatic N) is 1. The van der Waals surface area contributed by atoms with E-state index in [-0.39, 0.29) is 11.7 Å². The summed E-state index contributed by atoms with van der Waals surface area (Å²) in [4.78, 5) is 15.9. The first-order chi connectivity index (χ1) is 9.19. The van der Waals surface area contributed by atoms with Gasteiger partial charge in [-0.2, -0.15) is 0 Å². The van der Waals surface area contributed by atoms with E-state index in [0.29, 0.717) is 25.1 Å². The number of fused-ring (bicyclic) bond motifs is 1. The van der Waals surface area contributed by atoms with Gasteiger partial charge in [0.25, 0.3) is 0 Å². The summed E-state index contributed by atoms with van der Waals surface area (Å²) in [5.74, 6) is 3.10. The highest BCUT2D eigenvalue weighted by Gasteiger charge is 2.04. The molecule has 1 amide bonds. The number of carbonyl (C=O) groups excluding carboxylic acids is 1. The van der Waals surface area contributed by atoms with Gasteiger partial charge in [0.15, 0.2) is 0 Å². The Labute approximate surface area is 111 Å². The predicted octanol–water partition coefficient (Wildman–Crippen LogP) is 2.68. The van der Waals surface area contributed by atoms with Gasteiger partial charge in [-0.1, -0.05) is 0 Å². The summed E-state index contributed by atoms with van der Waals surface area (Å²) >= 11 is 0. The average molecular weight is 254 g/mol. The number of nitrogens with one attached hydrogen (secondary N) is 1. The van der Waals surface area contributed by atoms with Crippen molar-refractivity contribution >= 4 is 22.6 Å². The fourth-order valence-corrected chi connectivity index (χ4v) is 1.74. The molecule has 2 N–H and O–H groups in total. The van der Waals surface area contributed by atoms with Crippen LogP contribution in [0.5, 0.6) is 5.75 Å².